The van der Waals surface area contributed by atoms with Crippen LogP contribution in [0.2, 0.25) is 0 Å². The number of carbonyl (C=O) groups excluding carboxylic acids is 2. The van der Waals surface area contributed by atoms with Crippen LogP contribution in [-0.2, 0) is 20.9 Å². The molecule has 1 aromatic heterocycles. The minimum Gasteiger partial charge on any atom is -0.392 e. The number of rotatable bonds is 8. The molecule has 3 N–H and O–H groups in total. The third kappa shape index (κ3) is 5.49. The monoisotopic (exact) mass is 445 g/mol. The first-order chi connectivity index (χ1) is 15.3. The zero-order chi connectivity index (χ0) is 23.3. The zero-order valence-electron chi connectivity index (χ0n) is 19.8. The third-order valence-electron chi connectivity index (χ3n) is 8.01. The molecule has 1 heterocycles. The van der Waals surface area contributed by atoms with E-state index in [-0.39, 0.29) is 46.9 Å². The number of carbonyl (C=O) groups is 2. The summed E-state index contributed by atoms with van der Waals surface area (Å²) in [6.07, 6.45) is 6.97. The molecule has 0 radical (unpaired) electrons. The molecule has 2 aliphatic carbocycles. The van der Waals surface area contributed by atoms with Crippen LogP contribution in [0.1, 0.15) is 58.4 Å². The highest BCUT2D eigenvalue weighted by molar-refractivity contribution is 5.78. The van der Waals surface area contributed by atoms with Crippen molar-refractivity contribution in [2.45, 2.75) is 71.6 Å². The van der Waals surface area contributed by atoms with Crippen molar-refractivity contribution in [3.63, 3.8) is 0 Å². The average molecular weight is 446 g/mol. The number of methoxy groups -OCH3 is 1. The number of nitrogens with one attached hydrogen (secondary N) is 2. The zero-order valence-corrected chi connectivity index (χ0v) is 19.8. The molecule has 1 aromatic rings. The Kier molecular flexibility index (Phi) is 8.28. The quantitative estimate of drug-likeness (QED) is 0.571. The van der Waals surface area contributed by atoms with Gasteiger partial charge in [-0.15, -0.1) is 0 Å². The molecule has 0 saturated heterocycles. The van der Waals surface area contributed by atoms with Crippen molar-refractivity contribution in [1.82, 2.24) is 15.6 Å². The first-order valence-corrected chi connectivity index (χ1v) is 11.9. The first-order valence-electron chi connectivity index (χ1n) is 11.9. The van der Waals surface area contributed by atoms with Gasteiger partial charge in [0.2, 0.25) is 11.8 Å². The summed E-state index contributed by atoms with van der Waals surface area (Å²) in [6, 6.07) is 3.83. The lowest BCUT2D eigenvalue weighted by atomic mass is 9.51. The molecule has 32 heavy (non-hydrogen) atoms. The highest BCUT2D eigenvalue weighted by atomic mass is 16.5. The van der Waals surface area contributed by atoms with Crippen LogP contribution in [0.25, 0.3) is 0 Å². The van der Waals surface area contributed by atoms with Gasteiger partial charge in [0.1, 0.15) is 0 Å². The molecule has 178 valence electrons. The number of aromatic nitrogens is 1. The number of aliphatic hydroxyl groups excluding tert-OH is 1. The molecule has 0 bridgehead atoms. The van der Waals surface area contributed by atoms with E-state index in [4.69, 9.17) is 4.74 Å². The predicted molar refractivity (Wildman–Crippen MR) is 122 cm³/mol. The van der Waals surface area contributed by atoms with Crippen molar-refractivity contribution in [3.8, 4) is 0 Å². The fourth-order valence-electron chi connectivity index (χ4n) is 6.02. The van der Waals surface area contributed by atoms with E-state index in [1.807, 2.05) is 19.1 Å². The Labute approximate surface area is 191 Å². The maximum Gasteiger partial charge on any atom is 0.223 e. The number of ether oxygens (including phenoxy) is 1. The number of amides is 2. The van der Waals surface area contributed by atoms with Gasteiger partial charge in [-0.3, -0.25) is 14.6 Å². The maximum atomic E-state index is 12.9. The lowest BCUT2D eigenvalue weighted by Crippen LogP contribution is -2.58. The summed E-state index contributed by atoms with van der Waals surface area (Å²) in [5.74, 6) is -0.214. The van der Waals surface area contributed by atoms with Gasteiger partial charge in [-0.1, -0.05) is 26.8 Å². The van der Waals surface area contributed by atoms with E-state index < -0.39 is 6.10 Å². The van der Waals surface area contributed by atoms with Crippen LogP contribution in [0.4, 0.5) is 0 Å². The highest BCUT2D eigenvalue weighted by Crippen LogP contribution is 2.55. The topological polar surface area (TPSA) is 101 Å². The number of aliphatic hydroxyl groups is 1. The third-order valence-corrected chi connectivity index (χ3v) is 8.01. The number of nitrogens with zero attached hydrogens (tertiary/aromatic N) is 1. The number of hydrogen-bond donors (Lipinski definition) is 3. The Morgan fingerprint density at radius 2 is 2.09 bits per heavy atom. The Balaban J connectivity index is 1.64. The molecule has 2 amide bonds. The largest absolute Gasteiger partial charge is 0.392 e. The standard InChI is InChI=1S/C25H39N3O4/c1-16(24(31)27-15-18-6-5-12-26-14-18)19-7-10-25(3)11-8-20(17(2)22(25)23(19)30)28-21(29)9-13-32-4/h5-6,12,14,16-17,19-20,22-23,30H,7-11,13,15H2,1-4H3,(H,27,31)(H,28,29)/t16-,17-,19-,20-,22+,23-,25+/m0/s1. The van der Waals surface area contributed by atoms with E-state index in [0.717, 1.165) is 31.2 Å². The summed E-state index contributed by atoms with van der Waals surface area (Å²) in [5.41, 5.74) is 0.993. The molecule has 3 rings (SSSR count). The van der Waals surface area contributed by atoms with Crippen molar-refractivity contribution >= 4 is 11.8 Å². The molecule has 7 heteroatoms. The van der Waals surface area contributed by atoms with Gasteiger partial charge in [0.15, 0.2) is 0 Å². The van der Waals surface area contributed by atoms with Crippen molar-refractivity contribution in [2.24, 2.45) is 29.1 Å². The summed E-state index contributed by atoms with van der Waals surface area (Å²) in [6.45, 7) is 7.18. The van der Waals surface area contributed by atoms with Crippen molar-refractivity contribution in [2.75, 3.05) is 13.7 Å². The Morgan fingerprint density at radius 3 is 2.78 bits per heavy atom. The van der Waals surface area contributed by atoms with E-state index in [1.165, 1.54) is 0 Å². The van der Waals surface area contributed by atoms with E-state index in [9.17, 15) is 14.7 Å². The number of fused-ring (bicyclic) bond motifs is 1. The molecule has 2 aliphatic rings. The summed E-state index contributed by atoms with van der Waals surface area (Å²) in [4.78, 5) is 29.2. The van der Waals surface area contributed by atoms with Gasteiger partial charge < -0.3 is 20.5 Å². The maximum absolute atomic E-state index is 12.9. The highest BCUT2D eigenvalue weighted by Gasteiger charge is 2.53. The Bertz CT molecular complexity index is 774. The normalized spacial score (nSPS) is 33.1. The SMILES string of the molecule is COCCC(=O)N[C@H]1CC[C@@]2(C)CC[C@@H]([C@H](C)C(=O)NCc3cccnc3)[C@H](O)[C@H]2[C@H]1C. The van der Waals surface area contributed by atoms with Crippen molar-refractivity contribution < 1.29 is 19.4 Å². The lowest BCUT2D eigenvalue weighted by Gasteiger charge is -2.56. The minimum absolute atomic E-state index is 0.00250. The molecule has 2 saturated carbocycles. The van der Waals surface area contributed by atoms with Crippen LogP contribution in [0, 0.1) is 29.1 Å². The van der Waals surface area contributed by atoms with E-state index in [0.29, 0.717) is 19.6 Å². The van der Waals surface area contributed by atoms with Crippen molar-refractivity contribution in [3.05, 3.63) is 30.1 Å². The average Bonchev–Trinajstić information content (AvgIpc) is 2.78. The fraction of sp³-hybridized carbons (Fsp3) is 0.720. The van der Waals surface area contributed by atoms with Crippen LogP contribution in [0.3, 0.4) is 0 Å². The van der Waals surface area contributed by atoms with E-state index in [1.54, 1.807) is 19.5 Å². The molecule has 0 spiro atoms. The Morgan fingerprint density at radius 1 is 1.34 bits per heavy atom. The van der Waals surface area contributed by atoms with Gasteiger partial charge in [-0.05, 0) is 60.5 Å². The van der Waals surface area contributed by atoms with Gasteiger partial charge in [0, 0.05) is 44.4 Å². The fourth-order valence-corrected chi connectivity index (χ4v) is 6.02. The van der Waals surface area contributed by atoms with E-state index in [2.05, 4.69) is 29.5 Å². The second-order valence-corrected chi connectivity index (χ2v) is 10.1. The summed E-state index contributed by atoms with van der Waals surface area (Å²) < 4.78 is 5.02. The molecule has 7 nitrogen and oxygen atoms in total. The van der Waals surface area contributed by atoms with Crippen LogP contribution < -0.4 is 10.6 Å². The van der Waals surface area contributed by atoms with Gasteiger partial charge in [-0.2, -0.15) is 0 Å². The lowest BCUT2D eigenvalue weighted by molar-refractivity contribution is -0.144. The molecule has 0 unspecified atom stereocenters. The molecule has 0 aliphatic heterocycles. The van der Waals surface area contributed by atoms with Crippen LogP contribution in [0.15, 0.2) is 24.5 Å². The summed E-state index contributed by atoms with van der Waals surface area (Å²) >= 11 is 0. The molecule has 0 aromatic carbocycles. The summed E-state index contributed by atoms with van der Waals surface area (Å²) in [7, 11) is 1.59. The van der Waals surface area contributed by atoms with Crippen LogP contribution in [-0.4, -0.2) is 47.8 Å². The Hall–Kier alpha value is -1.99. The van der Waals surface area contributed by atoms with E-state index >= 15 is 0 Å². The second kappa shape index (κ2) is 10.8. The molecular formula is C25H39N3O4. The van der Waals surface area contributed by atoms with Gasteiger partial charge in [-0.25, -0.2) is 0 Å². The first kappa shape index (κ1) is 24.6. The number of hydrogen-bond acceptors (Lipinski definition) is 5. The smallest absolute Gasteiger partial charge is 0.223 e. The minimum atomic E-state index is -0.568. The number of pyridine rings is 1. The van der Waals surface area contributed by atoms with Crippen LogP contribution >= 0.6 is 0 Å². The summed E-state index contributed by atoms with van der Waals surface area (Å²) in [5, 5.41) is 17.6. The van der Waals surface area contributed by atoms with Crippen LogP contribution in [0.5, 0.6) is 0 Å². The molecular weight excluding hydrogens is 406 g/mol. The van der Waals surface area contributed by atoms with Crippen molar-refractivity contribution in [1.29, 1.82) is 0 Å². The second-order valence-electron chi connectivity index (χ2n) is 10.1. The van der Waals surface area contributed by atoms with Gasteiger partial charge in [0.25, 0.3) is 0 Å². The molecule has 2 fully saturated rings. The van der Waals surface area contributed by atoms with Gasteiger partial charge >= 0.3 is 0 Å². The predicted octanol–water partition coefficient (Wildman–Crippen LogP) is 2.68. The molecule has 7 atom stereocenters. The van der Waals surface area contributed by atoms with Gasteiger partial charge in [0.05, 0.1) is 12.7 Å².